The van der Waals surface area contributed by atoms with E-state index in [1.165, 1.54) is 6.20 Å². The first-order valence-electron chi connectivity index (χ1n) is 5.27. The van der Waals surface area contributed by atoms with Gasteiger partial charge in [-0.25, -0.2) is 4.98 Å². The highest BCUT2D eigenvalue weighted by atomic mass is 35.5. The predicted molar refractivity (Wildman–Crippen MR) is 65.3 cm³/mol. The Kier molecular flexibility index (Phi) is 5.22. The van der Waals surface area contributed by atoms with Crippen molar-refractivity contribution in [2.75, 3.05) is 11.9 Å². The molecule has 0 aliphatic heterocycles. The van der Waals surface area contributed by atoms with Crippen molar-refractivity contribution < 1.29 is 4.79 Å². The number of halogens is 1. The number of anilines is 1. The van der Waals surface area contributed by atoms with Crippen molar-refractivity contribution in [1.82, 2.24) is 4.98 Å². The van der Waals surface area contributed by atoms with E-state index in [2.05, 4.69) is 10.3 Å². The molecule has 0 fully saturated rings. The Morgan fingerprint density at radius 2 is 2.38 bits per heavy atom. The molecule has 0 saturated heterocycles. The first-order chi connectivity index (χ1) is 7.65. The van der Waals surface area contributed by atoms with Gasteiger partial charge in [0.1, 0.15) is 5.82 Å². The zero-order chi connectivity index (χ0) is 12.0. The van der Waals surface area contributed by atoms with Gasteiger partial charge in [-0.2, -0.15) is 0 Å². The third-order valence-corrected chi connectivity index (χ3v) is 2.60. The average molecular weight is 242 g/mol. The van der Waals surface area contributed by atoms with Crippen LogP contribution in [-0.4, -0.2) is 17.4 Å². The summed E-state index contributed by atoms with van der Waals surface area (Å²) in [5.41, 5.74) is 5.53. The Balaban J connectivity index is 2.48. The number of nitrogens with two attached hydrogens (primary N) is 1. The largest absolute Gasteiger partial charge is 0.330 e. The standard InChI is InChI=1S/C11H16ClN3O/c1-2-8(6-13)5-11(16)15-10-4-3-9(12)7-14-10/h3-4,7-8H,2,5-6,13H2,1H3,(H,14,15,16). The summed E-state index contributed by atoms with van der Waals surface area (Å²) in [5.74, 6) is 0.681. The second-order valence-corrected chi connectivity index (χ2v) is 4.06. The molecule has 88 valence electrons. The van der Waals surface area contributed by atoms with Crippen LogP contribution in [0.15, 0.2) is 18.3 Å². The number of carbonyl (C=O) groups is 1. The van der Waals surface area contributed by atoms with Crippen molar-refractivity contribution >= 4 is 23.3 Å². The van der Waals surface area contributed by atoms with Gasteiger partial charge < -0.3 is 11.1 Å². The molecule has 0 saturated carbocycles. The third kappa shape index (κ3) is 4.16. The van der Waals surface area contributed by atoms with Gasteiger partial charge in [0.25, 0.3) is 0 Å². The van der Waals surface area contributed by atoms with E-state index in [4.69, 9.17) is 17.3 Å². The van der Waals surface area contributed by atoms with Crippen molar-refractivity contribution in [3.63, 3.8) is 0 Å². The zero-order valence-electron chi connectivity index (χ0n) is 9.24. The fraction of sp³-hybridized carbons (Fsp3) is 0.455. The van der Waals surface area contributed by atoms with Crippen LogP contribution >= 0.6 is 11.6 Å². The molecule has 16 heavy (non-hydrogen) atoms. The number of pyridine rings is 1. The highest BCUT2D eigenvalue weighted by molar-refractivity contribution is 6.30. The van der Waals surface area contributed by atoms with Gasteiger partial charge in [-0.05, 0) is 24.6 Å². The minimum Gasteiger partial charge on any atom is -0.330 e. The van der Waals surface area contributed by atoms with Crippen LogP contribution in [0.2, 0.25) is 5.02 Å². The number of amides is 1. The highest BCUT2D eigenvalue weighted by Crippen LogP contribution is 2.11. The van der Waals surface area contributed by atoms with Gasteiger partial charge in [0.2, 0.25) is 5.91 Å². The molecule has 1 unspecified atom stereocenters. The number of hydrogen-bond acceptors (Lipinski definition) is 3. The van der Waals surface area contributed by atoms with E-state index >= 15 is 0 Å². The summed E-state index contributed by atoms with van der Waals surface area (Å²) in [6.45, 7) is 2.54. The summed E-state index contributed by atoms with van der Waals surface area (Å²) >= 11 is 5.69. The van der Waals surface area contributed by atoms with Crippen molar-refractivity contribution in [1.29, 1.82) is 0 Å². The molecule has 3 N–H and O–H groups in total. The Labute approximate surface area is 100 Å². The lowest BCUT2D eigenvalue weighted by molar-refractivity contribution is -0.117. The van der Waals surface area contributed by atoms with E-state index in [1.807, 2.05) is 6.92 Å². The SMILES string of the molecule is CCC(CN)CC(=O)Nc1ccc(Cl)cn1. The molecule has 1 aromatic heterocycles. The minimum atomic E-state index is -0.0628. The van der Waals surface area contributed by atoms with Crippen molar-refractivity contribution in [3.05, 3.63) is 23.4 Å². The summed E-state index contributed by atoms with van der Waals surface area (Å²) in [7, 11) is 0. The van der Waals surface area contributed by atoms with Crippen LogP contribution in [0.5, 0.6) is 0 Å². The Bertz CT molecular complexity index is 336. The Hall–Kier alpha value is -1.13. The molecule has 1 atom stereocenters. The maximum atomic E-state index is 11.6. The molecule has 0 aliphatic rings. The topological polar surface area (TPSA) is 68.0 Å². The molecular formula is C11H16ClN3O. The zero-order valence-corrected chi connectivity index (χ0v) is 10.00. The van der Waals surface area contributed by atoms with E-state index in [0.717, 1.165) is 6.42 Å². The van der Waals surface area contributed by atoms with Gasteiger partial charge in [-0.15, -0.1) is 0 Å². The van der Waals surface area contributed by atoms with Crippen molar-refractivity contribution in [3.8, 4) is 0 Å². The van der Waals surface area contributed by atoms with E-state index in [1.54, 1.807) is 12.1 Å². The maximum Gasteiger partial charge on any atom is 0.225 e. The van der Waals surface area contributed by atoms with Crippen LogP contribution in [0.1, 0.15) is 19.8 Å². The van der Waals surface area contributed by atoms with Crippen LogP contribution in [0.4, 0.5) is 5.82 Å². The number of nitrogens with zero attached hydrogens (tertiary/aromatic N) is 1. The molecule has 1 heterocycles. The smallest absolute Gasteiger partial charge is 0.225 e. The van der Waals surface area contributed by atoms with Gasteiger partial charge in [0, 0.05) is 12.6 Å². The summed E-state index contributed by atoms with van der Waals surface area (Å²) in [6.07, 6.45) is 2.83. The molecule has 0 aromatic carbocycles. The molecule has 1 rings (SSSR count). The lowest BCUT2D eigenvalue weighted by Gasteiger charge is -2.11. The normalized spacial score (nSPS) is 12.2. The maximum absolute atomic E-state index is 11.6. The number of carbonyl (C=O) groups excluding carboxylic acids is 1. The van der Waals surface area contributed by atoms with E-state index < -0.39 is 0 Å². The Morgan fingerprint density at radius 1 is 1.62 bits per heavy atom. The van der Waals surface area contributed by atoms with Gasteiger partial charge in [-0.3, -0.25) is 4.79 Å². The summed E-state index contributed by atoms with van der Waals surface area (Å²) in [6, 6.07) is 3.36. The lowest BCUT2D eigenvalue weighted by Crippen LogP contribution is -2.22. The van der Waals surface area contributed by atoms with Gasteiger partial charge in [0.05, 0.1) is 5.02 Å². The molecule has 0 aliphatic carbocycles. The van der Waals surface area contributed by atoms with Crippen LogP contribution in [0.3, 0.4) is 0 Å². The predicted octanol–water partition coefficient (Wildman–Crippen LogP) is 2.05. The molecule has 0 bridgehead atoms. The average Bonchev–Trinajstić information content (AvgIpc) is 2.29. The van der Waals surface area contributed by atoms with Gasteiger partial charge in [0.15, 0.2) is 0 Å². The van der Waals surface area contributed by atoms with Crippen LogP contribution < -0.4 is 11.1 Å². The quantitative estimate of drug-likeness (QED) is 0.829. The van der Waals surface area contributed by atoms with Crippen molar-refractivity contribution in [2.45, 2.75) is 19.8 Å². The van der Waals surface area contributed by atoms with Gasteiger partial charge >= 0.3 is 0 Å². The number of rotatable bonds is 5. The van der Waals surface area contributed by atoms with Gasteiger partial charge in [-0.1, -0.05) is 24.9 Å². The minimum absolute atomic E-state index is 0.0628. The van der Waals surface area contributed by atoms with Crippen LogP contribution in [0, 0.1) is 5.92 Å². The first kappa shape index (κ1) is 12.9. The van der Waals surface area contributed by atoms with E-state index in [0.29, 0.717) is 23.8 Å². The molecule has 0 spiro atoms. The number of hydrogen-bond donors (Lipinski definition) is 2. The second kappa shape index (κ2) is 6.45. The van der Waals surface area contributed by atoms with Crippen molar-refractivity contribution in [2.24, 2.45) is 11.7 Å². The molecule has 1 amide bonds. The van der Waals surface area contributed by atoms with Crippen LogP contribution in [-0.2, 0) is 4.79 Å². The molecule has 5 heteroatoms. The highest BCUT2D eigenvalue weighted by Gasteiger charge is 2.10. The number of aromatic nitrogens is 1. The van der Waals surface area contributed by atoms with E-state index in [9.17, 15) is 4.79 Å². The fourth-order valence-electron chi connectivity index (χ4n) is 1.30. The van der Waals surface area contributed by atoms with Crippen LogP contribution in [0.25, 0.3) is 0 Å². The molecule has 1 aromatic rings. The number of nitrogens with one attached hydrogen (secondary N) is 1. The molecule has 0 radical (unpaired) electrons. The summed E-state index contributed by atoms with van der Waals surface area (Å²) in [4.78, 5) is 15.6. The fourth-order valence-corrected chi connectivity index (χ4v) is 1.41. The van der Waals surface area contributed by atoms with E-state index in [-0.39, 0.29) is 11.8 Å². The monoisotopic (exact) mass is 241 g/mol. The second-order valence-electron chi connectivity index (χ2n) is 3.62. The molecular weight excluding hydrogens is 226 g/mol. The first-order valence-corrected chi connectivity index (χ1v) is 5.65. The Morgan fingerprint density at radius 3 is 2.88 bits per heavy atom. The summed E-state index contributed by atoms with van der Waals surface area (Å²) in [5, 5.41) is 3.25. The lowest BCUT2D eigenvalue weighted by atomic mass is 10.0. The summed E-state index contributed by atoms with van der Waals surface area (Å²) < 4.78 is 0. The third-order valence-electron chi connectivity index (χ3n) is 2.38. The molecule has 4 nitrogen and oxygen atoms in total.